The smallest absolute Gasteiger partial charge is 0.410 e. The SMILES string of the molecule is COc1ccccc1-c1nn(COCC[Si](C)(C)C)c2ncc(-c3cc(F)c(F)c(C(=O)N4CCC(N(C)C(=O)OC(C)(C)C)C4)c3)cc12. The van der Waals surface area contributed by atoms with Gasteiger partial charge in [-0.2, -0.15) is 5.10 Å². The minimum Gasteiger partial charge on any atom is -0.496 e. The summed E-state index contributed by atoms with van der Waals surface area (Å²) in [6.07, 6.45) is 1.52. The number of pyridine rings is 1. The van der Waals surface area contributed by atoms with Crippen LogP contribution in [0, 0.1) is 11.6 Å². The molecule has 4 aromatic rings. The Morgan fingerprint density at radius 2 is 1.82 bits per heavy atom. The Labute approximate surface area is 287 Å². The van der Waals surface area contributed by atoms with E-state index in [1.54, 1.807) is 51.9 Å². The monoisotopic (exact) mass is 693 g/mol. The van der Waals surface area contributed by atoms with Gasteiger partial charge in [-0.05, 0) is 69.1 Å². The number of ether oxygens (including phenoxy) is 3. The van der Waals surface area contributed by atoms with E-state index in [0.717, 1.165) is 17.7 Å². The standard InChI is InChI=1S/C36H45F2N5O5Si/c1-36(2,3)48-35(45)41(4)25-13-14-42(21-25)34(44)27-17-23(19-29(37)31(27)38)24-18-28-32(26-11-9-10-12-30(26)46-5)40-43(33(28)39-20-24)22-47-15-16-49(6,7)8/h9-12,17-20,25H,13-16,21-22H2,1-8H3. The average Bonchev–Trinajstić information content (AvgIpc) is 3.68. The molecule has 3 heterocycles. The fraction of sp³-hybridized carbons (Fsp3) is 0.444. The van der Waals surface area contributed by atoms with Crippen molar-refractivity contribution in [3.8, 4) is 28.1 Å². The van der Waals surface area contributed by atoms with Gasteiger partial charge in [-0.15, -0.1) is 0 Å². The quantitative estimate of drug-likeness (QED) is 0.126. The minimum atomic E-state index is -1.30. The highest BCUT2D eigenvalue weighted by molar-refractivity contribution is 6.76. The largest absolute Gasteiger partial charge is 0.496 e. The lowest BCUT2D eigenvalue weighted by molar-refractivity contribution is 0.0226. The van der Waals surface area contributed by atoms with Gasteiger partial charge < -0.3 is 24.0 Å². The summed E-state index contributed by atoms with van der Waals surface area (Å²) in [4.78, 5) is 33.8. The van der Waals surface area contributed by atoms with E-state index in [9.17, 15) is 9.59 Å². The van der Waals surface area contributed by atoms with Gasteiger partial charge in [0.1, 0.15) is 23.8 Å². The molecule has 0 bridgehead atoms. The highest BCUT2D eigenvalue weighted by atomic mass is 28.3. The minimum absolute atomic E-state index is 0.162. The molecule has 2 amide bonds. The Balaban J connectivity index is 1.47. The van der Waals surface area contributed by atoms with Crippen molar-refractivity contribution in [2.45, 2.75) is 71.3 Å². The molecule has 2 aromatic heterocycles. The number of likely N-dealkylation sites (tertiary alicyclic amines) is 1. The molecule has 10 nitrogen and oxygen atoms in total. The zero-order chi connectivity index (χ0) is 35.7. The summed E-state index contributed by atoms with van der Waals surface area (Å²) in [7, 11) is 1.89. The van der Waals surface area contributed by atoms with Crippen LogP contribution in [0.2, 0.25) is 25.7 Å². The molecule has 13 heteroatoms. The normalized spacial score (nSPS) is 15.1. The Bertz CT molecular complexity index is 1850. The maximum Gasteiger partial charge on any atom is 0.410 e. The summed E-state index contributed by atoms with van der Waals surface area (Å²) in [5, 5.41) is 5.50. The van der Waals surface area contributed by atoms with E-state index in [0.29, 0.717) is 41.1 Å². The third-order valence-corrected chi connectivity index (χ3v) is 10.1. The molecule has 1 saturated heterocycles. The number of hydrogen-bond donors (Lipinski definition) is 0. The maximum atomic E-state index is 15.3. The van der Waals surface area contributed by atoms with Crippen LogP contribution in [0.15, 0.2) is 48.7 Å². The molecule has 1 aliphatic rings. The second-order valence-corrected chi connectivity index (χ2v) is 20.2. The van der Waals surface area contributed by atoms with Crippen LogP contribution in [-0.4, -0.2) is 90.1 Å². The lowest BCUT2D eigenvalue weighted by Gasteiger charge is -2.28. The number of likely N-dealkylation sites (N-methyl/N-ethyl adjacent to an activating group) is 1. The van der Waals surface area contributed by atoms with Gasteiger partial charge in [-0.3, -0.25) is 4.79 Å². The van der Waals surface area contributed by atoms with Crippen LogP contribution in [0.3, 0.4) is 0 Å². The molecule has 1 fully saturated rings. The Morgan fingerprint density at radius 3 is 2.51 bits per heavy atom. The fourth-order valence-corrected chi connectivity index (χ4v) is 6.44. The number of para-hydroxylation sites is 1. The van der Waals surface area contributed by atoms with Crippen LogP contribution in [0.1, 0.15) is 37.6 Å². The molecule has 0 saturated carbocycles. The summed E-state index contributed by atoms with van der Waals surface area (Å²) in [5.74, 6) is -2.44. The van der Waals surface area contributed by atoms with Crippen molar-refractivity contribution in [2.75, 3.05) is 33.9 Å². The average molecular weight is 694 g/mol. The van der Waals surface area contributed by atoms with Gasteiger partial charge in [0, 0.05) is 57.5 Å². The first-order valence-corrected chi connectivity index (χ1v) is 20.1. The predicted molar refractivity (Wildman–Crippen MR) is 187 cm³/mol. The number of amides is 2. The van der Waals surface area contributed by atoms with Crippen molar-refractivity contribution in [1.29, 1.82) is 0 Å². The predicted octanol–water partition coefficient (Wildman–Crippen LogP) is 7.45. The molecule has 2 aromatic carbocycles. The highest BCUT2D eigenvalue weighted by Crippen LogP contribution is 2.36. The van der Waals surface area contributed by atoms with Gasteiger partial charge in [0.15, 0.2) is 17.3 Å². The second-order valence-electron chi connectivity index (χ2n) is 14.6. The zero-order valence-corrected chi connectivity index (χ0v) is 30.5. The summed E-state index contributed by atoms with van der Waals surface area (Å²) in [6, 6.07) is 12.4. The number of benzene rings is 2. The van der Waals surface area contributed by atoms with E-state index in [-0.39, 0.29) is 31.4 Å². The number of fused-ring (bicyclic) bond motifs is 1. The van der Waals surface area contributed by atoms with Crippen molar-refractivity contribution in [3.05, 3.63) is 65.9 Å². The van der Waals surface area contributed by atoms with Gasteiger partial charge in [-0.25, -0.2) is 23.2 Å². The molecular weight excluding hydrogens is 649 g/mol. The van der Waals surface area contributed by atoms with Gasteiger partial charge in [0.05, 0.1) is 18.7 Å². The van der Waals surface area contributed by atoms with E-state index >= 15 is 8.78 Å². The first-order chi connectivity index (χ1) is 23.1. The number of carbonyl (C=O) groups excluding carboxylic acids is 2. The number of hydrogen-bond acceptors (Lipinski definition) is 7. The highest BCUT2D eigenvalue weighted by Gasteiger charge is 2.34. The van der Waals surface area contributed by atoms with Crippen LogP contribution >= 0.6 is 0 Å². The molecule has 1 aliphatic heterocycles. The van der Waals surface area contributed by atoms with E-state index < -0.39 is 42.9 Å². The van der Waals surface area contributed by atoms with Crippen LogP contribution in [0.4, 0.5) is 13.6 Å². The van der Waals surface area contributed by atoms with Gasteiger partial charge in [0.25, 0.3) is 5.91 Å². The molecule has 1 atom stereocenters. The van der Waals surface area contributed by atoms with Gasteiger partial charge in [-0.1, -0.05) is 31.8 Å². The van der Waals surface area contributed by atoms with E-state index in [1.807, 2.05) is 24.3 Å². The number of aromatic nitrogens is 3. The molecule has 0 aliphatic carbocycles. The van der Waals surface area contributed by atoms with E-state index in [4.69, 9.17) is 19.3 Å². The molecule has 262 valence electrons. The Hall–Kier alpha value is -4.36. The second kappa shape index (κ2) is 14.2. The Kier molecular flexibility index (Phi) is 10.4. The first kappa shape index (κ1) is 35.9. The van der Waals surface area contributed by atoms with Crippen LogP contribution in [0.25, 0.3) is 33.4 Å². The van der Waals surface area contributed by atoms with E-state index in [1.165, 1.54) is 15.9 Å². The third-order valence-electron chi connectivity index (χ3n) is 8.43. The summed E-state index contributed by atoms with van der Waals surface area (Å²) >= 11 is 0. The van der Waals surface area contributed by atoms with Crippen molar-refractivity contribution in [2.24, 2.45) is 0 Å². The number of carbonyl (C=O) groups is 2. The third kappa shape index (κ3) is 8.27. The van der Waals surface area contributed by atoms with Gasteiger partial charge in [0.2, 0.25) is 0 Å². The number of methoxy groups -OCH3 is 1. The number of halogens is 2. The van der Waals surface area contributed by atoms with Gasteiger partial charge >= 0.3 is 6.09 Å². The lowest BCUT2D eigenvalue weighted by atomic mass is 10.0. The molecule has 0 spiro atoms. The first-order valence-electron chi connectivity index (χ1n) is 16.4. The van der Waals surface area contributed by atoms with Crippen molar-refractivity contribution < 1.29 is 32.6 Å². The molecule has 0 N–H and O–H groups in total. The Morgan fingerprint density at radius 1 is 1.08 bits per heavy atom. The van der Waals surface area contributed by atoms with Crippen molar-refractivity contribution in [1.82, 2.24) is 24.6 Å². The van der Waals surface area contributed by atoms with Crippen LogP contribution in [0.5, 0.6) is 5.75 Å². The molecule has 49 heavy (non-hydrogen) atoms. The van der Waals surface area contributed by atoms with Crippen molar-refractivity contribution >= 4 is 31.1 Å². The summed E-state index contributed by atoms with van der Waals surface area (Å²) in [6.45, 7) is 13.4. The van der Waals surface area contributed by atoms with Crippen molar-refractivity contribution in [3.63, 3.8) is 0 Å². The molecule has 1 unspecified atom stereocenters. The summed E-state index contributed by atoms with van der Waals surface area (Å²) in [5.41, 5.74) is 1.55. The number of nitrogens with zero attached hydrogens (tertiary/aromatic N) is 5. The van der Waals surface area contributed by atoms with Crippen LogP contribution in [-0.2, 0) is 16.2 Å². The molecule has 5 rings (SSSR count). The summed E-state index contributed by atoms with van der Waals surface area (Å²) < 4.78 is 49.2. The maximum absolute atomic E-state index is 15.3. The van der Waals surface area contributed by atoms with Crippen LogP contribution < -0.4 is 4.74 Å². The molecule has 0 radical (unpaired) electrons. The molecular formula is C36H45F2N5O5Si. The fourth-order valence-electron chi connectivity index (χ4n) is 5.68. The van der Waals surface area contributed by atoms with E-state index in [2.05, 4.69) is 24.6 Å². The number of rotatable bonds is 10. The zero-order valence-electron chi connectivity index (χ0n) is 29.5. The topological polar surface area (TPSA) is 99.0 Å². The lowest BCUT2D eigenvalue weighted by Crippen LogP contribution is -2.42.